The third-order valence-corrected chi connectivity index (χ3v) is 4.58. The van der Waals surface area contributed by atoms with Crippen LogP contribution in [0.2, 0.25) is 0 Å². The fourth-order valence-electron chi connectivity index (χ4n) is 3.00. The van der Waals surface area contributed by atoms with E-state index in [1.165, 1.54) is 0 Å². The van der Waals surface area contributed by atoms with Gasteiger partial charge in [-0.2, -0.15) is 0 Å². The summed E-state index contributed by atoms with van der Waals surface area (Å²) in [4.78, 5) is 41.2. The number of aryl methyl sites for hydroxylation is 1. The van der Waals surface area contributed by atoms with Gasteiger partial charge in [0, 0.05) is 19.2 Å². The summed E-state index contributed by atoms with van der Waals surface area (Å²) < 4.78 is 6.81. The van der Waals surface area contributed by atoms with Crippen molar-refractivity contribution >= 4 is 16.8 Å². The van der Waals surface area contributed by atoms with E-state index in [9.17, 15) is 14.4 Å². The Labute approximate surface area is 162 Å². The van der Waals surface area contributed by atoms with Crippen molar-refractivity contribution in [1.82, 2.24) is 14.5 Å². The van der Waals surface area contributed by atoms with Crippen LogP contribution < -0.4 is 16.0 Å². The summed E-state index contributed by atoms with van der Waals surface area (Å²) >= 11 is 0. The van der Waals surface area contributed by atoms with Crippen LogP contribution in [0.4, 0.5) is 0 Å². The first-order chi connectivity index (χ1) is 13.4. The first kappa shape index (κ1) is 19.4. The molecule has 146 valence electrons. The molecule has 0 spiro atoms. The van der Waals surface area contributed by atoms with Crippen molar-refractivity contribution in [2.24, 2.45) is 0 Å². The van der Waals surface area contributed by atoms with E-state index in [1.807, 2.05) is 31.2 Å². The predicted molar refractivity (Wildman–Crippen MR) is 108 cm³/mol. The molecule has 7 heteroatoms. The van der Waals surface area contributed by atoms with Crippen LogP contribution in [0.5, 0.6) is 5.75 Å². The van der Waals surface area contributed by atoms with Crippen LogP contribution in [0.3, 0.4) is 0 Å². The number of ether oxygens (including phenoxy) is 1. The normalized spacial score (nSPS) is 10.8. The number of likely N-dealkylation sites (N-methyl/N-ethyl adjacent to an activating group) is 1. The number of benzene rings is 2. The zero-order valence-corrected chi connectivity index (χ0v) is 16.2. The number of hydrogen-bond acceptors (Lipinski definition) is 4. The zero-order chi connectivity index (χ0) is 20.3. The number of carbonyl (C=O) groups excluding carboxylic acids is 1. The van der Waals surface area contributed by atoms with Crippen LogP contribution in [0.1, 0.15) is 22.8 Å². The summed E-state index contributed by atoms with van der Waals surface area (Å²) in [6.45, 7) is 4.76. The Morgan fingerprint density at radius 2 is 1.96 bits per heavy atom. The second-order valence-electron chi connectivity index (χ2n) is 6.63. The van der Waals surface area contributed by atoms with Gasteiger partial charge in [-0.1, -0.05) is 12.1 Å². The van der Waals surface area contributed by atoms with E-state index < -0.39 is 5.69 Å². The lowest BCUT2D eigenvalue weighted by Crippen LogP contribution is -2.34. The zero-order valence-electron chi connectivity index (χ0n) is 16.2. The van der Waals surface area contributed by atoms with E-state index in [0.29, 0.717) is 29.6 Å². The van der Waals surface area contributed by atoms with Gasteiger partial charge in [0.05, 0.1) is 17.4 Å². The number of fused-ring (bicyclic) bond motifs is 1. The molecule has 0 bridgehead atoms. The Hall–Kier alpha value is -3.35. The molecule has 1 aromatic heterocycles. The number of nitrogens with one attached hydrogen (secondary N) is 1. The van der Waals surface area contributed by atoms with Crippen molar-refractivity contribution in [1.29, 1.82) is 0 Å². The molecule has 3 aromatic rings. The average molecular weight is 381 g/mol. The maximum atomic E-state index is 12.7. The lowest BCUT2D eigenvalue weighted by atomic mass is 10.1. The monoisotopic (exact) mass is 381 g/mol. The lowest BCUT2D eigenvalue weighted by molar-refractivity contribution is 0.0774. The summed E-state index contributed by atoms with van der Waals surface area (Å²) in [6.07, 6.45) is 0. The highest BCUT2D eigenvalue weighted by Gasteiger charge is 2.14. The van der Waals surface area contributed by atoms with Crippen molar-refractivity contribution in [3.8, 4) is 5.75 Å². The van der Waals surface area contributed by atoms with Crippen molar-refractivity contribution < 1.29 is 9.53 Å². The Kier molecular flexibility index (Phi) is 5.63. The number of aromatic nitrogens is 2. The SMILES string of the molecule is CCn1c(=O)[nH]c2cc(C(=O)N(C)CCOc3cccc(C)c3)ccc2c1=O. The molecule has 1 heterocycles. The molecule has 0 fully saturated rings. The Morgan fingerprint density at radius 1 is 1.18 bits per heavy atom. The highest BCUT2D eigenvalue weighted by molar-refractivity contribution is 5.97. The second kappa shape index (κ2) is 8.12. The number of hydrogen-bond donors (Lipinski definition) is 1. The van der Waals surface area contributed by atoms with E-state index >= 15 is 0 Å². The van der Waals surface area contributed by atoms with Gasteiger partial charge in [-0.15, -0.1) is 0 Å². The molecule has 7 nitrogen and oxygen atoms in total. The molecule has 0 atom stereocenters. The summed E-state index contributed by atoms with van der Waals surface area (Å²) in [5.41, 5.74) is 1.02. The third-order valence-electron chi connectivity index (χ3n) is 4.58. The summed E-state index contributed by atoms with van der Waals surface area (Å²) in [6, 6.07) is 12.4. The number of amides is 1. The van der Waals surface area contributed by atoms with Crippen molar-refractivity contribution in [2.45, 2.75) is 20.4 Å². The summed E-state index contributed by atoms with van der Waals surface area (Å²) in [5, 5.41) is 0.378. The van der Waals surface area contributed by atoms with Crippen LogP contribution in [0.25, 0.3) is 10.9 Å². The molecule has 2 aromatic carbocycles. The van der Waals surface area contributed by atoms with Gasteiger partial charge in [-0.25, -0.2) is 4.79 Å². The van der Waals surface area contributed by atoms with E-state index in [2.05, 4.69) is 4.98 Å². The molecular weight excluding hydrogens is 358 g/mol. The molecule has 0 radical (unpaired) electrons. The molecule has 0 aliphatic heterocycles. The van der Waals surface area contributed by atoms with Gasteiger partial charge >= 0.3 is 5.69 Å². The lowest BCUT2D eigenvalue weighted by Gasteiger charge is -2.18. The molecule has 3 rings (SSSR count). The Morgan fingerprint density at radius 3 is 2.68 bits per heavy atom. The van der Waals surface area contributed by atoms with Gasteiger partial charge in [-0.3, -0.25) is 14.2 Å². The van der Waals surface area contributed by atoms with Gasteiger partial charge in [0.25, 0.3) is 11.5 Å². The molecule has 1 amide bonds. The minimum atomic E-state index is -0.482. The standard InChI is InChI=1S/C21H23N3O4/c1-4-24-20(26)17-9-8-15(13-18(17)22-21(24)27)19(25)23(3)10-11-28-16-7-5-6-14(2)12-16/h5-9,12-13H,4,10-11H2,1-3H3,(H,22,27). The van der Waals surface area contributed by atoms with Crippen molar-refractivity contribution in [3.63, 3.8) is 0 Å². The van der Waals surface area contributed by atoms with Crippen molar-refractivity contribution in [3.05, 3.63) is 74.4 Å². The molecule has 0 unspecified atom stereocenters. The molecule has 0 saturated carbocycles. The largest absolute Gasteiger partial charge is 0.492 e. The predicted octanol–water partition coefficient (Wildman–Crippen LogP) is 2.17. The van der Waals surface area contributed by atoms with E-state index in [0.717, 1.165) is 15.9 Å². The third kappa shape index (κ3) is 3.98. The van der Waals surface area contributed by atoms with Gasteiger partial charge in [-0.05, 0) is 49.7 Å². The molecule has 1 N–H and O–H groups in total. The van der Waals surface area contributed by atoms with Crippen LogP contribution in [0.15, 0.2) is 52.1 Å². The van der Waals surface area contributed by atoms with Gasteiger partial charge < -0.3 is 14.6 Å². The number of H-pyrrole nitrogens is 1. The number of nitrogens with zero attached hydrogens (tertiary/aromatic N) is 2. The van der Waals surface area contributed by atoms with E-state index in [1.54, 1.807) is 37.1 Å². The Balaban J connectivity index is 1.73. The maximum Gasteiger partial charge on any atom is 0.328 e. The summed E-state index contributed by atoms with van der Waals surface area (Å²) in [5.74, 6) is 0.548. The number of aromatic amines is 1. The fourth-order valence-corrected chi connectivity index (χ4v) is 3.00. The number of carbonyl (C=O) groups is 1. The molecular formula is C21H23N3O4. The van der Waals surface area contributed by atoms with Crippen molar-refractivity contribution in [2.75, 3.05) is 20.2 Å². The van der Waals surface area contributed by atoms with Crippen LogP contribution in [0, 0.1) is 6.92 Å². The highest BCUT2D eigenvalue weighted by Crippen LogP contribution is 2.13. The molecule has 0 aliphatic carbocycles. The van der Waals surface area contributed by atoms with Crippen LogP contribution in [-0.4, -0.2) is 40.6 Å². The fraction of sp³-hybridized carbons (Fsp3) is 0.286. The first-order valence-corrected chi connectivity index (χ1v) is 9.12. The average Bonchev–Trinajstić information content (AvgIpc) is 2.67. The minimum absolute atomic E-state index is 0.213. The van der Waals surface area contributed by atoms with Crippen LogP contribution in [-0.2, 0) is 6.54 Å². The maximum absolute atomic E-state index is 12.7. The van der Waals surface area contributed by atoms with E-state index in [4.69, 9.17) is 4.74 Å². The first-order valence-electron chi connectivity index (χ1n) is 9.12. The molecule has 28 heavy (non-hydrogen) atoms. The highest BCUT2D eigenvalue weighted by atomic mass is 16.5. The van der Waals surface area contributed by atoms with Crippen LogP contribution >= 0.6 is 0 Å². The van der Waals surface area contributed by atoms with Gasteiger partial charge in [0.2, 0.25) is 0 Å². The van der Waals surface area contributed by atoms with Gasteiger partial charge in [0.1, 0.15) is 12.4 Å². The summed E-state index contributed by atoms with van der Waals surface area (Å²) in [7, 11) is 1.68. The molecule has 0 aliphatic rings. The molecule has 0 saturated heterocycles. The van der Waals surface area contributed by atoms with E-state index in [-0.39, 0.29) is 18.0 Å². The van der Waals surface area contributed by atoms with Gasteiger partial charge in [0.15, 0.2) is 0 Å². The Bertz CT molecular complexity index is 1130. The quantitative estimate of drug-likeness (QED) is 0.709. The minimum Gasteiger partial charge on any atom is -0.492 e. The number of rotatable bonds is 6. The smallest absolute Gasteiger partial charge is 0.328 e. The second-order valence-corrected chi connectivity index (χ2v) is 6.63. The topological polar surface area (TPSA) is 84.4 Å².